The molecule has 0 heterocycles. The number of nitrogens with two attached hydrogens (primary N) is 1. The average molecular weight is 218 g/mol. The van der Waals surface area contributed by atoms with Crippen LogP contribution in [-0.4, -0.2) is 0 Å². The van der Waals surface area contributed by atoms with Crippen LogP contribution >= 0.6 is 0 Å². The molecule has 0 saturated heterocycles. The Labute approximate surface area is 98.9 Å². The molecule has 0 unspecified atom stereocenters. The summed E-state index contributed by atoms with van der Waals surface area (Å²) in [4.78, 5) is 0. The molecule has 0 aromatic heterocycles. The third-order valence-electron chi connectivity index (χ3n) is 2.99. The van der Waals surface area contributed by atoms with Gasteiger partial charge < -0.3 is 5.73 Å². The van der Waals surface area contributed by atoms with Gasteiger partial charge in [0, 0.05) is 5.69 Å². The monoisotopic (exact) mass is 218 g/mol. The van der Waals surface area contributed by atoms with Crippen molar-refractivity contribution in [2.24, 2.45) is 0 Å². The van der Waals surface area contributed by atoms with Crippen molar-refractivity contribution in [3.8, 4) is 6.07 Å². The van der Waals surface area contributed by atoms with Gasteiger partial charge in [-0.25, -0.2) is 0 Å². The minimum atomic E-state index is 0.687. The summed E-state index contributed by atoms with van der Waals surface area (Å²) in [5.41, 5.74) is 7.23. The molecule has 17 heavy (non-hydrogen) atoms. The van der Waals surface area contributed by atoms with Gasteiger partial charge in [0.15, 0.2) is 0 Å². The molecule has 0 radical (unpaired) electrons. The highest BCUT2D eigenvalue weighted by Gasteiger charge is 2.01. The van der Waals surface area contributed by atoms with Gasteiger partial charge in [-0.05, 0) is 45.8 Å². The molecule has 3 aromatic rings. The van der Waals surface area contributed by atoms with Crippen LogP contribution in [0.2, 0.25) is 0 Å². The van der Waals surface area contributed by atoms with Gasteiger partial charge >= 0.3 is 0 Å². The van der Waals surface area contributed by atoms with Crippen LogP contribution < -0.4 is 5.73 Å². The fraction of sp³-hybridized carbons (Fsp3) is 0. The maximum absolute atomic E-state index is 8.88. The van der Waals surface area contributed by atoms with E-state index in [9.17, 15) is 0 Å². The third-order valence-corrected chi connectivity index (χ3v) is 2.99. The van der Waals surface area contributed by atoms with Crippen molar-refractivity contribution in [2.45, 2.75) is 0 Å². The van der Waals surface area contributed by atoms with Crippen LogP contribution in [0.1, 0.15) is 5.56 Å². The molecule has 0 aliphatic carbocycles. The first-order valence-corrected chi connectivity index (χ1v) is 5.40. The van der Waals surface area contributed by atoms with Crippen LogP contribution in [-0.2, 0) is 0 Å². The molecule has 0 fully saturated rings. The van der Waals surface area contributed by atoms with E-state index in [1.807, 2.05) is 48.5 Å². The van der Waals surface area contributed by atoms with Crippen LogP contribution in [0.4, 0.5) is 5.69 Å². The number of nitrogens with zero attached hydrogens (tertiary/aromatic N) is 1. The number of fused-ring (bicyclic) bond motifs is 3. The van der Waals surface area contributed by atoms with Gasteiger partial charge in [0.25, 0.3) is 0 Å². The van der Waals surface area contributed by atoms with Crippen molar-refractivity contribution in [3.63, 3.8) is 0 Å². The van der Waals surface area contributed by atoms with E-state index < -0.39 is 0 Å². The van der Waals surface area contributed by atoms with E-state index in [1.54, 1.807) is 0 Å². The molecule has 0 aliphatic heterocycles. The first-order chi connectivity index (χ1) is 8.28. The summed E-state index contributed by atoms with van der Waals surface area (Å²) in [5, 5.41) is 13.4. The molecule has 0 amide bonds. The summed E-state index contributed by atoms with van der Waals surface area (Å²) in [6, 6.07) is 17.9. The Morgan fingerprint density at radius 3 is 2.18 bits per heavy atom. The molecule has 2 heteroatoms. The largest absolute Gasteiger partial charge is 0.399 e. The normalized spacial score (nSPS) is 10.5. The quantitative estimate of drug-likeness (QED) is 0.464. The highest BCUT2D eigenvalue weighted by Crippen LogP contribution is 2.27. The summed E-state index contributed by atoms with van der Waals surface area (Å²) in [7, 11) is 0. The maximum Gasteiger partial charge on any atom is 0.0991 e. The average Bonchev–Trinajstić information content (AvgIpc) is 2.37. The van der Waals surface area contributed by atoms with Gasteiger partial charge in [-0.3, -0.25) is 0 Å². The highest BCUT2D eigenvalue weighted by molar-refractivity contribution is 6.08. The number of rotatable bonds is 0. The van der Waals surface area contributed by atoms with E-state index in [1.165, 1.54) is 5.39 Å². The highest BCUT2D eigenvalue weighted by atomic mass is 14.5. The topological polar surface area (TPSA) is 49.8 Å². The van der Waals surface area contributed by atoms with Gasteiger partial charge in [-0.2, -0.15) is 5.26 Å². The molecule has 3 aromatic carbocycles. The smallest absolute Gasteiger partial charge is 0.0991 e. The van der Waals surface area contributed by atoms with Gasteiger partial charge in [0.1, 0.15) is 0 Å². The van der Waals surface area contributed by atoms with Crippen molar-refractivity contribution in [1.82, 2.24) is 0 Å². The van der Waals surface area contributed by atoms with Crippen LogP contribution in [0.15, 0.2) is 48.5 Å². The Morgan fingerprint density at radius 2 is 1.47 bits per heavy atom. The third kappa shape index (κ3) is 1.49. The molecule has 0 spiro atoms. The minimum Gasteiger partial charge on any atom is -0.399 e. The molecular formula is C15H10N2. The lowest BCUT2D eigenvalue weighted by molar-refractivity contribution is 1.50. The second-order valence-corrected chi connectivity index (χ2v) is 4.09. The van der Waals surface area contributed by atoms with Crippen molar-refractivity contribution >= 4 is 27.2 Å². The van der Waals surface area contributed by atoms with E-state index in [2.05, 4.69) is 6.07 Å². The van der Waals surface area contributed by atoms with Crippen LogP contribution in [0.25, 0.3) is 21.5 Å². The number of nitrogen functional groups attached to an aromatic ring is 1. The van der Waals surface area contributed by atoms with Crippen molar-refractivity contribution in [1.29, 1.82) is 5.26 Å². The second kappa shape index (κ2) is 3.50. The molecular weight excluding hydrogens is 208 g/mol. The van der Waals surface area contributed by atoms with Gasteiger partial charge in [-0.15, -0.1) is 0 Å². The standard InChI is InChI=1S/C15H10N2/c16-9-10-1-5-14-11(7-10)2-3-12-8-13(17)4-6-15(12)14/h1-8H,17H2. The van der Waals surface area contributed by atoms with Crippen molar-refractivity contribution < 1.29 is 0 Å². The lowest BCUT2D eigenvalue weighted by Crippen LogP contribution is -1.85. The Hall–Kier alpha value is -2.53. The van der Waals surface area contributed by atoms with Gasteiger partial charge in [-0.1, -0.05) is 24.3 Å². The van der Waals surface area contributed by atoms with Crippen molar-refractivity contribution in [3.05, 3.63) is 54.1 Å². The summed E-state index contributed by atoms with van der Waals surface area (Å²) in [6.07, 6.45) is 0. The minimum absolute atomic E-state index is 0.687. The summed E-state index contributed by atoms with van der Waals surface area (Å²) < 4.78 is 0. The first-order valence-electron chi connectivity index (χ1n) is 5.40. The summed E-state index contributed by atoms with van der Waals surface area (Å²) in [6.45, 7) is 0. The number of hydrogen-bond donors (Lipinski definition) is 1. The SMILES string of the molecule is N#Cc1ccc2c(ccc3cc(N)ccc32)c1. The van der Waals surface area contributed by atoms with Crippen LogP contribution in [0, 0.1) is 11.3 Å². The zero-order valence-corrected chi connectivity index (χ0v) is 9.14. The van der Waals surface area contributed by atoms with E-state index in [-0.39, 0.29) is 0 Å². The van der Waals surface area contributed by atoms with Crippen LogP contribution in [0.5, 0.6) is 0 Å². The molecule has 2 nitrogen and oxygen atoms in total. The van der Waals surface area contributed by atoms with E-state index >= 15 is 0 Å². The fourth-order valence-electron chi connectivity index (χ4n) is 2.16. The fourth-order valence-corrected chi connectivity index (χ4v) is 2.16. The summed E-state index contributed by atoms with van der Waals surface area (Å²) in [5.74, 6) is 0. The molecule has 0 atom stereocenters. The molecule has 0 saturated carbocycles. The first kappa shape index (κ1) is 9.68. The number of anilines is 1. The predicted molar refractivity (Wildman–Crippen MR) is 70.6 cm³/mol. The molecule has 80 valence electrons. The number of hydrogen-bond acceptors (Lipinski definition) is 2. The van der Waals surface area contributed by atoms with Gasteiger partial charge in [0.05, 0.1) is 11.6 Å². The number of nitriles is 1. The molecule has 0 bridgehead atoms. The zero-order valence-electron chi connectivity index (χ0n) is 9.14. The van der Waals surface area contributed by atoms with Crippen LogP contribution in [0.3, 0.4) is 0 Å². The molecule has 3 rings (SSSR count). The predicted octanol–water partition coefficient (Wildman–Crippen LogP) is 3.45. The van der Waals surface area contributed by atoms with E-state index in [4.69, 9.17) is 11.0 Å². The van der Waals surface area contributed by atoms with Gasteiger partial charge in [0.2, 0.25) is 0 Å². The Kier molecular flexibility index (Phi) is 1.99. The van der Waals surface area contributed by atoms with E-state index in [0.29, 0.717) is 5.56 Å². The lowest BCUT2D eigenvalue weighted by atomic mass is 10.00. The van der Waals surface area contributed by atoms with E-state index in [0.717, 1.165) is 21.8 Å². The number of benzene rings is 3. The Bertz CT molecular complexity index is 767. The Balaban J connectivity index is 2.45. The zero-order chi connectivity index (χ0) is 11.8. The Morgan fingerprint density at radius 1 is 0.824 bits per heavy atom. The molecule has 0 aliphatic rings. The summed E-state index contributed by atoms with van der Waals surface area (Å²) >= 11 is 0. The maximum atomic E-state index is 8.88. The second-order valence-electron chi connectivity index (χ2n) is 4.09. The molecule has 2 N–H and O–H groups in total. The lowest BCUT2D eigenvalue weighted by Gasteiger charge is -2.05. The van der Waals surface area contributed by atoms with Crippen molar-refractivity contribution in [2.75, 3.05) is 5.73 Å².